The van der Waals surface area contributed by atoms with E-state index in [1.807, 2.05) is 7.05 Å². The third kappa shape index (κ3) is 3.93. The lowest BCUT2D eigenvalue weighted by Crippen LogP contribution is -2.43. The third-order valence-electron chi connectivity index (χ3n) is 5.88. The summed E-state index contributed by atoms with van der Waals surface area (Å²) in [6.07, 6.45) is 4.89. The molecule has 8 nitrogen and oxygen atoms in total. The molecule has 5 heterocycles. The molecule has 0 amide bonds. The number of hydrogen-bond acceptors (Lipinski definition) is 8. The van der Waals surface area contributed by atoms with Crippen LogP contribution in [0.4, 0.5) is 5.82 Å². The van der Waals surface area contributed by atoms with Crippen molar-refractivity contribution >= 4 is 28.3 Å². The van der Waals surface area contributed by atoms with Crippen LogP contribution in [0.2, 0.25) is 5.15 Å². The van der Waals surface area contributed by atoms with Gasteiger partial charge in [0.1, 0.15) is 29.6 Å². The average Bonchev–Trinajstić information content (AvgIpc) is 3.21. The Hall–Kier alpha value is -1.90. The number of ether oxygens (including phenoxy) is 2. The van der Waals surface area contributed by atoms with E-state index in [4.69, 9.17) is 26.2 Å². The molecule has 0 aromatic carbocycles. The molecule has 3 aliphatic rings. The second kappa shape index (κ2) is 8.45. The van der Waals surface area contributed by atoms with Crippen LogP contribution in [0.15, 0.2) is 6.07 Å². The molecule has 0 aliphatic carbocycles. The highest BCUT2D eigenvalue weighted by Gasteiger charge is 2.45. The number of anilines is 1. The maximum absolute atomic E-state index is 7.57. The highest BCUT2D eigenvalue weighted by molar-refractivity contribution is 6.30. The first-order valence-corrected chi connectivity index (χ1v) is 10.6. The summed E-state index contributed by atoms with van der Waals surface area (Å²) in [5, 5.41) is 8.73. The van der Waals surface area contributed by atoms with Crippen LogP contribution in [-0.2, 0) is 0 Å². The number of pyridine rings is 1. The van der Waals surface area contributed by atoms with E-state index in [2.05, 4.69) is 24.8 Å². The molecule has 2 fully saturated rings. The van der Waals surface area contributed by atoms with Crippen molar-refractivity contribution in [2.24, 2.45) is 0 Å². The number of rotatable bonds is 3. The zero-order valence-corrected chi connectivity index (χ0v) is 17.8. The molecular weight excluding hydrogens is 394 g/mol. The van der Waals surface area contributed by atoms with Gasteiger partial charge in [-0.1, -0.05) is 11.6 Å². The van der Waals surface area contributed by atoms with Crippen LogP contribution >= 0.6 is 11.6 Å². The van der Waals surface area contributed by atoms with Crippen LogP contribution in [-0.4, -0.2) is 77.0 Å². The van der Waals surface area contributed by atoms with Gasteiger partial charge >= 0.3 is 6.01 Å². The summed E-state index contributed by atoms with van der Waals surface area (Å²) in [6, 6.07) is 2.15. The fraction of sp³-hybridized carbons (Fsp3) is 0.650. The van der Waals surface area contributed by atoms with Gasteiger partial charge in [0.25, 0.3) is 0 Å². The van der Waals surface area contributed by atoms with Crippen molar-refractivity contribution in [1.82, 2.24) is 19.9 Å². The quantitative estimate of drug-likeness (QED) is 0.757. The summed E-state index contributed by atoms with van der Waals surface area (Å²) in [6.45, 7) is 6.18. The molecule has 2 aromatic rings. The Labute approximate surface area is 175 Å². The first-order chi connectivity index (χ1) is 14.1. The summed E-state index contributed by atoms with van der Waals surface area (Å²) >= 11 is 6.16. The molecule has 0 saturated carbocycles. The van der Waals surface area contributed by atoms with Crippen LogP contribution in [0.3, 0.4) is 0 Å². The molecule has 3 aliphatic heterocycles. The fourth-order valence-electron chi connectivity index (χ4n) is 4.54. The minimum absolute atomic E-state index is 0.169. The van der Waals surface area contributed by atoms with Gasteiger partial charge in [-0.15, -0.1) is 0 Å². The van der Waals surface area contributed by atoms with Gasteiger partial charge in [-0.2, -0.15) is 9.97 Å². The maximum atomic E-state index is 7.57. The van der Waals surface area contributed by atoms with Gasteiger partial charge in [0.05, 0.1) is 17.6 Å². The smallest absolute Gasteiger partial charge is 0.319 e. The number of aromatic nitrogens is 3. The molecule has 0 atom stereocenters. The molecule has 2 aromatic heterocycles. The molecule has 1 N–H and O–H groups in total. The van der Waals surface area contributed by atoms with E-state index in [0.717, 1.165) is 17.7 Å². The summed E-state index contributed by atoms with van der Waals surface area (Å²) in [7, 11) is 1.99. The number of aliphatic hydroxyl groups is 1. The number of fused-ring (bicyclic) bond motifs is 1. The van der Waals surface area contributed by atoms with Gasteiger partial charge in [0, 0.05) is 19.7 Å². The van der Waals surface area contributed by atoms with E-state index < -0.39 is 0 Å². The Morgan fingerprint density at radius 2 is 1.93 bits per heavy atom. The average molecular weight is 422 g/mol. The number of aliphatic hydroxyl groups excluding tert-OH is 1. The SMILES string of the molecule is CCO.CN1CCOc2nc(Cl)cc3nc(OCC45CCCN4CCC5)nc1c23. The molecule has 29 heavy (non-hydrogen) atoms. The Bertz CT molecular complexity index is 871. The number of halogens is 1. The van der Waals surface area contributed by atoms with E-state index in [-0.39, 0.29) is 12.1 Å². The molecule has 5 rings (SSSR count). The van der Waals surface area contributed by atoms with Crippen LogP contribution < -0.4 is 14.4 Å². The molecule has 9 heteroatoms. The second-order valence-electron chi connectivity index (χ2n) is 7.77. The summed E-state index contributed by atoms with van der Waals surface area (Å²) < 4.78 is 11.9. The zero-order chi connectivity index (χ0) is 20.4. The first-order valence-electron chi connectivity index (χ1n) is 10.3. The summed E-state index contributed by atoms with van der Waals surface area (Å²) in [5.41, 5.74) is 0.878. The van der Waals surface area contributed by atoms with E-state index in [0.29, 0.717) is 35.8 Å². The van der Waals surface area contributed by atoms with Crippen LogP contribution in [0.1, 0.15) is 32.6 Å². The highest BCUT2D eigenvalue weighted by atomic mass is 35.5. The molecule has 0 bridgehead atoms. The lowest BCUT2D eigenvalue weighted by Gasteiger charge is -2.31. The molecular formula is C20H28ClN5O3. The van der Waals surface area contributed by atoms with Gasteiger partial charge in [0.15, 0.2) is 0 Å². The summed E-state index contributed by atoms with van der Waals surface area (Å²) in [4.78, 5) is 18.2. The Balaban J connectivity index is 0.000000645. The predicted octanol–water partition coefficient (Wildman–Crippen LogP) is 2.51. The van der Waals surface area contributed by atoms with Crippen molar-refractivity contribution in [3.8, 4) is 11.9 Å². The largest absolute Gasteiger partial charge is 0.475 e. The monoisotopic (exact) mass is 421 g/mol. The standard InChI is InChI=1S/C18H22ClN5O2.C2H6O/c1-23-8-9-25-16-14-12(10-13(19)21-16)20-17(22-15(14)23)26-11-18-4-2-6-24(18)7-3-5-18;1-2-3/h10H,2-9,11H2,1H3;3H,2H2,1H3. The predicted molar refractivity (Wildman–Crippen MR) is 112 cm³/mol. The van der Waals surface area contributed by atoms with Gasteiger partial charge < -0.3 is 19.5 Å². The third-order valence-corrected chi connectivity index (χ3v) is 6.08. The molecule has 2 saturated heterocycles. The Morgan fingerprint density at radius 1 is 1.21 bits per heavy atom. The minimum atomic E-state index is 0.169. The topological polar surface area (TPSA) is 83.8 Å². The lowest BCUT2D eigenvalue weighted by atomic mass is 9.95. The van der Waals surface area contributed by atoms with Gasteiger partial charge in [-0.05, 0) is 45.7 Å². The first kappa shape index (κ1) is 20.4. The van der Waals surface area contributed by atoms with Gasteiger partial charge in [0.2, 0.25) is 5.88 Å². The highest BCUT2D eigenvalue weighted by Crippen LogP contribution is 2.40. The van der Waals surface area contributed by atoms with Crippen LogP contribution in [0.5, 0.6) is 11.9 Å². The second-order valence-corrected chi connectivity index (χ2v) is 8.15. The van der Waals surface area contributed by atoms with E-state index >= 15 is 0 Å². The van der Waals surface area contributed by atoms with Crippen molar-refractivity contribution < 1.29 is 14.6 Å². The van der Waals surface area contributed by atoms with Crippen molar-refractivity contribution in [1.29, 1.82) is 0 Å². The van der Waals surface area contributed by atoms with E-state index in [9.17, 15) is 0 Å². The Kier molecular flexibility index (Phi) is 5.94. The normalized spacial score (nSPS) is 19.9. The van der Waals surface area contributed by atoms with Crippen molar-refractivity contribution in [2.75, 3.05) is 51.4 Å². The van der Waals surface area contributed by atoms with Crippen LogP contribution in [0.25, 0.3) is 10.9 Å². The number of nitrogens with zero attached hydrogens (tertiary/aromatic N) is 5. The fourth-order valence-corrected chi connectivity index (χ4v) is 4.72. The Morgan fingerprint density at radius 3 is 2.66 bits per heavy atom. The van der Waals surface area contributed by atoms with Crippen LogP contribution in [0, 0.1) is 0 Å². The minimum Gasteiger partial charge on any atom is -0.475 e. The number of likely N-dealkylation sites (N-methyl/N-ethyl adjacent to an activating group) is 1. The number of hydrogen-bond donors (Lipinski definition) is 1. The van der Waals surface area contributed by atoms with E-state index in [1.165, 1.54) is 38.8 Å². The van der Waals surface area contributed by atoms with E-state index in [1.54, 1.807) is 13.0 Å². The van der Waals surface area contributed by atoms with Gasteiger partial charge in [-0.3, -0.25) is 4.90 Å². The van der Waals surface area contributed by atoms with Crippen molar-refractivity contribution in [2.45, 2.75) is 38.1 Å². The zero-order valence-electron chi connectivity index (χ0n) is 17.0. The van der Waals surface area contributed by atoms with Gasteiger partial charge in [-0.25, -0.2) is 4.98 Å². The summed E-state index contributed by atoms with van der Waals surface area (Å²) in [5.74, 6) is 1.28. The molecule has 0 spiro atoms. The molecule has 0 radical (unpaired) electrons. The van der Waals surface area contributed by atoms with Crippen molar-refractivity contribution in [3.63, 3.8) is 0 Å². The lowest BCUT2D eigenvalue weighted by molar-refractivity contribution is 0.108. The molecule has 0 unspecified atom stereocenters. The maximum Gasteiger partial charge on any atom is 0.319 e. The van der Waals surface area contributed by atoms with Crippen molar-refractivity contribution in [3.05, 3.63) is 11.2 Å². The molecule has 158 valence electrons.